The zero-order chi connectivity index (χ0) is 41.6. The Balaban J connectivity index is 0.983. The van der Waals surface area contributed by atoms with Gasteiger partial charge in [0.2, 0.25) is 0 Å². The Morgan fingerprint density at radius 2 is 1.00 bits per heavy atom. The third-order valence-corrected chi connectivity index (χ3v) is 16.7. The molecule has 15 rings (SSSR count). The van der Waals surface area contributed by atoms with Gasteiger partial charge in [-0.05, 0) is 159 Å². The van der Waals surface area contributed by atoms with Crippen LogP contribution in [0.25, 0.3) is 66.4 Å². The molecule has 6 aliphatic carbocycles. The maximum atomic E-state index is 6.35. The maximum Gasteiger partial charge on any atom is 0.136 e. The summed E-state index contributed by atoms with van der Waals surface area (Å²) < 4.78 is 6.35. The van der Waals surface area contributed by atoms with E-state index in [0.717, 1.165) is 34.1 Å². The number of furan rings is 1. The molecule has 0 radical (unpaired) electrons. The highest BCUT2D eigenvalue weighted by molar-refractivity contribution is 6.12. The minimum atomic E-state index is -0.147. The number of nitrogens with zero attached hydrogens (tertiary/aromatic N) is 1. The van der Waals surface area contributed by atoms with Crippen molar-refractivity contribution in [2.75, 3.05) is 4.90 Å². The molecule has 2 heteroatoms. The van der Waals surface area contributed by atoms with Crippen molar-refractivity contribution < 1.29 is 4.42 Å². The highest BCUT2D eigenvalue weighted by atomic mass is 16.3. The third-order valence-electron chi connectivity index (χ3n) is 16.7. The van der Waals surface area contributed by atoms with Crippen molar-refractivity contribution in [2.24, 2.45) is 23.7 Å². The van der Waals surface area contributed by atoms with Crippen LogP contribution in [0, 0.1) is 23.7 Å². The van der Waals surface area contributed by atoms with E-state index in [-0.39, 0.29) is 10.8 Å². The maximum absolute atomic E-state index is 6.35. The first-order chi connectivity index (χ1) is 31.0. The summed E-state index contributed by atoms with van der Waals surface area (Å²) in [6.45, 7) is 4.82. The van der Waals surface area contributed by atoms with Crippen LogP contribution in [0.5, 0.6) is 0 Å². The molecule has 0 saturated heterocycles. The van der Waals surface area contributed by atoms with Gasteiger partial charge in [0.1, 0.15) is 11.2 Å². The molecule has 0 N–H and O–H groups in total. The number of fused-ring (bicyclic) bond motifs is 9. The molecule has 6 aliphatic rings. The summed E-state index contributed by atoms with van der Waals surface area (Å²) in [5, 5.41) is 2.32. The van der Waals surface area contributed by atoms with E-state index in [0.29, 0.717) is 11.8 Å². The number of rotatable bonds is 5. The third kappa shape index (κ3) is 4.85. The predicted molar refractivity (Wildman–Crippen MR) is 260 cm³/mol. The van der Waals surface area contributed by atoms with Gasteiger partial charge in [-0.2, -0.15) is 0 Å². The van der Waals surface area contributed by atoms with Gasteiger partial charge in [-0.3, -0.25) is 0 Å². The lowest BCUT2D eigenvalue weighted by Gasteiger charge is -2.61. The minimum Gasteiger partial charge on any atom is -0.456 e. The highest BCUT2D eigenvalue weighted by Gasteiger charge is 2.61. The second-order valence-corrected chi connectivity index (χ2v) is 20.0. The summed E-state index contributed by atoms with van der Waals surface area (Å²) in [6.07, 6.45) is 6.93. The van der Waals surface area contributed by atoms with Crippen LogP contribution in [0.4, 0.5) is 17.1 Å². The average Bonchev–Trinajstić information content (AvgIpc) is 3.92. The van der Waals surface area contributed by atoms with Gasteiger partial charge in [0.05, 0.1) is 5.69 Å². The van der Waals surface area contributed by atoms with Gasteiger partial charge in [-0.15, -0.1) is 0 Å². The van der Waals surface area contributed by atoms with E-state index in [4.69, 9.17) is 4.42 Å². The fourth-order valence-electron chi connectivity index (χ4n) is 14.5. The molecule has 0 atom stereocenters. The van der Waals surface area contributed by atoms with Crippen molar-refractivity contribution in [1.82, 2.24) is 0 Å². The van der Waals surface area contributed by atoms with Crippen molar-refractivity contribution in [3.05, 3.63) is 198 Å². The Hall–Kier alpha value is -6.64. The van der Waals surface area contributed by atoms with Crippen molar-refractivity contribution in [2.45, 2.75) is 56.8 Å². The molecule has 1 heterocycles. The Morgan fingerprint density at radius 3 is 1.78 bits per heavy atom. The summed E-state index contributed by atoms with van der Waals surface area (Å²) in [5.74, 6) is 3.19. The topological polar surface area (TPSA) is 16.4 Å². The van der Waals surface area contributed by atoms with E-state index in [1.807, 2.05) is 0 Å². The molecule has 1 spiro atoms. The fourth-order valence-corrected chi connectivity index (χ4v) is 14.5. The van der Waals surface area contributed by atoms with Crippen molar-refractivity contribution in [1.29, 1.82) is 0 Å². The second-order valence-electron chi connectivity index (χ2n) is 20.0. The quantitative estimate of drug-likeness (QED) is 0.172. The molecule has 4 bridgehead atoms. The van der Waals surface area contributed by atoms with Crippen LogP contribution in [0.1, 0.15) is 68.2 Å². The van der Waals surface area contributed by atoms with E-state index in [1.165, 1.54) is 104 Å². The first-order valence-electron chi connectivity index (χ1n) is 23.3. The number of hydrogen-bond acceptors (Lipinski definition) is 2. The molecule has 0 aliphatic heterocycles. The lowest BCUT2D eigenvalue weighted by molar-refractivity contribution is -0.0399. The first kappa shape index (κ1) is 35.9. The van der Waals surface area contributed by atoms with Crippen LogP contribution in [-0.2, 0) is 10.8 Å². The minimum absolute atomic E-state index is 0.0759. The average molecular weight is 812 g/mol. The van der Waals surface area contributed by atoms with Gasteiger partial charge in [0.15, 0.2) is 0 Å². The van der Waals surface area contributed by atoms with E-state index < -0.39 is 0 Å². The van der Waals surface area contributed by atoms with Gasteiger partial charge in [0, 0.05) is 38.5 Å². The van der Waals surface area contributed by atoms with Crippen LogP contribution in [0.2, 0.25) is 0 Å². The molecule has 304 valence electrons. The van der Waals surface area contributed by atoms with Gasteiger partial charge in [-0.1, -0.05) is 147 Å². The molecule has 4 saturated carbocycles. The normalized spacial score (nSPS) is 23.0. The number of para-hydroxylation sites is 2. The Morgan fingerprint density at radius 1 is 0.444 bits per heavy atom. The predicted octanol–water partition coefficient (Wildman–Crippen LogP) is 16.4. The molecule has 9 aromatic rings. The van der Waals surface area contributed by atoms with Gasteiger partial charge < -0.3 is 9.32 Å². The van der Waals surface area contributed by atoms with Crippen molar-refractivity contribution in [3.63, 3.8) is 0 Å². The fraction of sp³-hybridized carbons (Fsp3) is 0.213. The number of benzene rings is 8. The SMILES string of the molecule is CC1(C)c2ccccc2-c2cccc(-c3ccccc3N(c3ccc(-c4cccc5oc6ccccc6c45)cc3)c3ccc4c(c3)C3(c5ccccc5-4)C4CC5CC(C4)CC3C5)c21. The Labute approximate surface area is 369 Å². The zero-order valence-corrected chi connectivity index (χ0v) is 35.9. The smallest absolute Gasteiger partial charge is 0.136 e. The summed E-state index contributed by atoms with van der Waals surface area (Å²) in [4.78, 5) is 2.58. The van der Waals surface area contributed by atoms with Crippen molar-refractivity contribution >= 4 is 39.0 Å². The Kier molecular flexibility index (Phi) is 7.38. The summed E-state index contributed by atoms with van der Waals surface area (Å²) in [6, 6.07) is 66.4. The summed E-state index contributed by atoms with van der Waals surface area (Å²) in [5.41, 5.74) is 21.9. The molecular formula is C61H49NO. The van der Waals surface area contributed by atoms with Gasteiger partial charge in [-0.25, -0.2) is 0 Å². The van der Waals surface area contributed by atoms with E-state index in [1.54, 1.807) is 11.1 Å². The van der Waals surface area contributed by atoms with Gasteiger partial charge in [0.25, 0.3) is 0 Å². The lowest BCUT2D eigenvalue weighted by Crippen LogP contribution is -2.55. The van der Waals surface area contributed by atoms with Crippen LogP contribution in [-0.4, -0.2) is 0 Å². The van der Waals surface area contributed by atoms with E-state index in [9.17, 15) is 0 Å². The molecule has 4 fully saturated rings. The van der Waals surface area contributed by atoms with Crippen LogP contribution < -0.4 is 4.90 Å². The van der Waals surface area contributed by atoms with Crippen LogP contribution >= 0.6 is 0 Å². The largest absolute Gasteiger partial charge is 0.456 e. The highest BCUT2D eigenvalue weighted by Crippen LogP contribution is 2.70. The summed E-state index contributed by atoms with van der Waals surface area (Å²) in [7, 11) is 0. The second kappa shape index (κ2) is 13.0. The molecule has 0 unspecified atom stereocenters. The molecule has 63 heavy (non-hydrogen) atoms. The lowest BCUT2D eigenvalue weighted by atomic mass is 9.43. The molecule has 2 nitrogen and oxygen atoms in total. The standard InChI is InChI=1S/C61H49NO/c1-60(2)52-20-7-3-14-46(52)49-18-11-19-50(59(49)60)48-15-5-9-22-55(48)62(42-27-25-39(26-28-42)44-17-12-24-57-58(44)51-16-6-10-23-56(51)63-57)43-29-30-47-45-13-4-8-21-53(45)61(54(47)36-43)40-32-37-31-38(34-40)35-41(61)33-37/h3-30,36-38,40-41H,31-35H2,1-2H3. The molecule has 8 aromatic carbocycles. The molecule has 1 aromatic heterocycles. The monoisotopic (exact) mass is 811 g/mol. The van der Waals surface area contributed by atoms with E-state index >= 15 is 0 Å². The van der Waals surface area contributed by atoms with E-state index in [2.05, 4.69) is 195 Å². The van der Waals surface area contributed by atoms with Gasteiger partial charge >= 0.3 is 0 Å². The first-order valence-corrected chi connectivity index (χ1v) is 23.3. The number of anilines is 3. The Bertz CT molecular complexity index is 3320. The number of hydrogen-bond donors (Lipinski definition) is 0. The molecule has 0 amide bonds. The zero-order valence-electron chi connectivity index (χ0n) is 35.9. The summed E-state index contributed by atoms with van der Waals surface area (Å²) >= 11 is 0. The van der Waals surface area contributed by atoms with Crippen LogP contribution in [0.3, 0.4) is 0 Å². The van der Waals surface area contributed by atoms with Crippen LogP contribution in [0.15, 0.2) is 180 Å². The molecular weight excluding hydrogens is 763 g/mol. The van der Waals surface area contributed by atoms with Crippen molar-refractivity contribution in [3.8, 4) is 44.5 Å².